The smallest absolute Gasteiger partial charge is 0.267 e. The Bertz CT molecular complexity index is 651. The summed E-state index contributed by atoms with van der Waals surface area (Å²) in [4.78, 5) is 24.3. The van der Waals surface area contributed by atoms with E-state index in [1.807, 2.05) is 0 Å². The number of hydrazine groups is 1. The summed E-state index contributed by atoms with van der Waals surface area (Å²) in [5.74, 6) is -0.584. The minimum Gasteiger partial charge on any atom is -0.323 e. The standard InChI is InChI=1S/C13H13Cl2N5O2/c14-8-1-2-10(9(15)5-8)18-12(21)6-19-13(22)11-3-4-16-20(11)7-17-19/h1-2,5,7,11,16H,3-4,6H2,(H,18,21). The van der Waals surface area contributed by atoms with E-state index in [9.17, 15) is 9.59 Å². The molecule has 0 aromatic heterocycles. The summed E-state index contributed by atoms with van der Waals surface area (Å²) in [6.07, 6.45) is 2.20. The van der Waals surface area contributed by atoms with E-state index in [-0.39, 0.29) is 24.4 Å². The van der Waals surface area contributed by atoms with Gasteiger partial charge in [-0.3, -0.25) is 14.6 Å². The van der Waals surface area contributed by atoms with Gasteiger partial charge in [-0.15, -0.1) is 0 Å². The minimum atomic E-state index is -0.380. The van der Waals surface area contributed by atoms with E-state index in [2.05, 4.69) is 15.8 Å². The molecule has 116 valence electrons. The average molecular weight is 342 g/mol. The number of amides is 2. The maximum absolute atomic E-state index is 12.2. The van der Waals surface area contributed by atoms with E-state index in [0.29, 0.717) is 28.7 Å². The lowest BCUT2D eigenvalue weighted by Crippen LogP contribution is -2.51. The van der Waals surface area contributed by atoms with E-state index in [4.69, 9.17) is 23.2 Å². The maximum atomic E-state index is 12.2. The Morgan fingerprint density at radius 1 is 1.45 bits per heavy atom. The van der Waals surface area contributed by atoms with Crippen LogP contribution in [0.1, 0.15) is 6.42 Å². The van der Waals surface area contributed by atoms with Crippen LogP contribution in [0.5, 0.6) is 0 Å². The number of rotatable bonds is 3. The highest BCUT2D eigenvalue weighted by Gasteiger charge is 2.36. The lowest BCUT2D eigenvalue weighted by Gasteiger charge is -2.29. The third kappa shape index (κ3) is 3.01. The van der Waals surface area contributed by atoms with Gasteiger partial charge in [0.25, 0.3) is 5.91 Å². The lowest BCUT2D eigenvalue weighted by atomic mass is 10.2. The van der Waals surface area contributed by atoms with Crippen molar-refractivity contribution in [1.29, 1.82) is 0 Å². The lowest BCUT2D eigenvalue weighted by molar-refractivity contribution is -0.139. The summed E-state index contributed by atoms with van der Waals surface area (Å²) >= 11 is 11.8. The van der Waals surface area contributed by atoms with Gasteiger partial charge in [0.05, 0.1) is 10.7 Å². The van der Waals surface area contributed by atoms with Gasteiger partial charge in [0.15, 0.2) is 0 Å². The van der Waals surface area contributed by atoms with E-state index in [1.54, 1.807) is 17.1 Å². The van der Waals surface area contributed by atoms with Crippen molar-refractivity contribution in [3.63, 3.8) is 0 Å². The van der Waals surface area contributed by atoms with E-state index >= 15 is 0 Å². The van der Waals surface area contributed by atoms with E-state index in [0.717, 1.165) is 5.01 Å². The van der Waals surface area contributed by atoms with E-state index in [1.165, 1.54) is 12.4 Å². The highest BCUT2D eigenvalue weighted by atomic mass is 35.5. The normalized spacial score (nSPS) is 20.3. The number of fused-ring (bicyclic) bond motifs is 1. The molecule has 1 aromatic carbocycles. The second-order valence-electron chi connectivity index (χ2n) is 4.92. The molecule has 1 unspecified atom stereocenters. The molecular weight excluding hydrogens is 329 g/mol. The molecule has 0 radical (unpaired) electrons. The van der Waals surface area contributed by atoms with Crippen LogP contribution in [0.3, 0.4) is 0 Å². The molecule has 2 heterocycles. The molecule has 3 rings (SSSR count). The van der Waals surface area contributed by atoms with Gasteiger partial charge in [0.2, 0.25) is 5.91 Å². The quantitative estimate of drug-likeness (QED) is 0.868. The first-order valence-corrected chi connectivity index (χ1v) is 7.42. The molecule has 22 heavy (non-hydrogen) atoms. The molecule has 1 atom stereocenters. The number of carbonyl (C=O) groups is 2. The Balaban J connectivity index is 1.64. The Labute approximate surface area is 136 Å². The Hall–Kier alpha value is -1.83. The molecule has 0 saturated carbocycles. The summed E-state index contributed by atoms with van der Waals surface area (Å²) in [6.45, 7) is 0.543. The summed E-state index contributed by atoms with van der Waals surface area (Å²) in [5.41, 5.74) is 3.46. The van der Waals surface area contributed by atoms with Crippen LogP contribution in [-0.4, -0.2) is 47.3 Å². The van der Waals surface area contributed by atoms with Crippen molar-refractivity contribution in [3.05, 3.63) is 28.2 Å². The van der Waals surface area contributed by atoms with Crippen LogP contribution in [0.25, 0.3) is 0 Å². The van der Waals surface area contributed by atoms with Crippen molar-refractivity contribution in [1.82, 2.24) is 15.4 Å². The van der Waals surface area contributed by atoms with E-state index < -0.39 is 0 Å². The molecule has 9 heteroatoms. The number of benzene rings is 1. The van der Waals surface area contributed by atoms with Crippen molar-refractivity contribution < 1.29 is 9.59 Å². The largest absolute Gasteiger partial charge is 0.323 e. The molecule has 2 aliphatic heterocycles. The molecule has 0 spiro atoms. The zero-order valence-electron chi connectivity index (χ0n) is 11.4. The summed E-state index contributed by atoms with van der Waals surface area (Å²) < 4.78 is 0. The highest BCUT2D eigenvalue weighted by Crippen LogP contribution is 2.25. The van der Waals surface area contributed by atoms with Gasteiger partial charge >= 0.3 is 0 Å². The van der Waals surface area contributed by atoms with Crippen molar-refractivity contribution in [2.75, 3.05) is 18.4 Å². The van der Waals surface area contributed by atoms with Crippen molar-refractivity contribution in [2.45, 2.75) is 12.5 Å². The number of halogens is 2. The topological polar surface area (TPSA) is 77.0 Å². The molecular formula is C13H13Cl2N5O2. The fourth-order valence-corrected chi connectivity index (χ4v) is 2.78. The maximum Gasteiger partial charge on any atom is 0.267 e. The van der Waals surface area contributed by atoms with Crippen LogP contribution in [-0.2, 0) is 9.59 Å². The molecule has 1 aromatic rings. The summed E-state index contributed by atoms with van der Waals surface area (Å²) in [7, 11) is 0. The van der Waals surface area contributed by atoms with Gasteiger partial charge in [-0.25, -0.2) is 10.4 Å². The monoisotopic (exact) mass is 341 g/mol. The number of hydrazone groups is 1. The van der Waals surface area contributed by atoms with Crippen LogP contribution in [0.15, 0.2) is 23.3 Å². The predicted octanol–water partition coefficient (Wildman–Crippen LogP) is 1.30. The third-order valence-corrected chi connectivity index (χ3v) is 3.95. The molecule has 1 fully saturated rings. The molecule has 0 aliphatic carbocycles. The minimum absolute atomic E-state index is 0.168. The summed E-state index contributed by atoms with van der Waals surface area (Å²) in [6, 6.07) is 4.46. The number of hydrogen-bond donors (Lipinski definition) is 2. The second-order valence-corrected chi connectivity index (χ2v) is 5.76. The first kappa shape index (κ1) is 15.1. The fourth-order valence-electron chi connectivity index (χ4n) is 2.33. The highest BCUT2D eigenvalue weighted by molar-refractivity contribution is 6.36. The molecule has 2 amide bonds. The first-order chi connectivity index (χ1) is 10.5. The van der Waals surface area contributed by atoms with Crippen LogP contribution >= 0.6 is 23.2 Å². The van der Waals surface area contributed by atoms with Crippen molar-refractivity contribution >= 4 is 47.0 Å². The molecule has 0 bridgehead atoms. The number of nitrogens with one attached hydrogen (secondary N) is 2. The Morgan fingerprint density at radius 2 is 2.27 bits per heavy atom. The van der Waals surface area contributed by atoms with Crippen LogP contribution < -0.4 is 10.7 Å². The third-order valence-electron chi connectivity index (χ3n) is 3.40. The van der Waals surface area contributed by atoms with Crippen LogP contribution in [0, 0.1) is 0 Å². The number of carbonyl (C=O) groups excluding carboxylic acids is 2. The molecule has 1 saturated heterocycles. The zero-order valence-corrected chi connectivity index (χ0v) is 12.9. The van der Waals surface area contributed by atoms with Crippen molar-refractivity contribution in [3.8, 4) is 0 Å². The number of anilines is 1. The van der Waals surface area contributed by atoms with Gasteiger partial charge in [-0.1, -0.05) is 23.2 Å². The molecule has 2 aliphatic rings. The Morgan fingerprint density at radius 3 is 3.05 bits per heavy atom. The van der Waals surface area contributed by atoms with Gasteiger partial charge in [0.1, 0.15) is 18.9 Å². The van der Waals surface area contributed by atoms with Gasteiger partial charge < -0.3 is 5.32 Å². The fraction of sp³-hybridized carbons (Fsp3) is 0.308. The predicted molar refractivity (Wildman–Crippen MR) is 83.5 cm³/mol. The summed E-state index contributed by atoms with van der Waals surface area (Å²) in [5, 5.41) is 10.2. The average Bonchev–Trinajstić information content (AvgIpc) is 2.94. The molecule has 2 N–H and O–H groups in total. The van der Waals surface area contributed by atoms with Crippen LogP contribution in [0.2, 0.25) is 10.0 Å². The van der Waals surface area contributed by atoms with Gasteiger partial charge in [0, 0.05) is 11.6 Å². The Kier molecular flexibility index (Phi) is 4.19. The van der Waals surface area contributed by atoms with Crippen molar-refractivity contribution in [2.24, 2.45) is 5.10 Å². The number of hydrogen-bond acceptors (Lipinski definition) is 5. The number of nitrogens with zero attached hydrogens (tertiary/aromatic N) is 3. The van der Waals surface area contributed by atoms with Crippen LogP contribution in [0.4, 0.5) is 5.69 Å². The second kappa shape index (κ2) is 6.12. The molecule has 7 nitrogen and oxygen atoms in total. The van der Waals surface area contributed by atoms with Gasteiger partial charge in [-0.05, 0) is 24.6 Å². The first-order valence-electron chi connectivity index (χ1n) is 6.67. The SMILES string of the molecule is O=C(CN1N=CN2NCCC2C1=O)Nc1ccc(Cl)cc1Cl. The van der Waals surface area contributed by atoms with Gasteiger partial charge in [-0.2, -0.15) is 5.10 Å². The zero-order chi connectivity index (χ0) is 15.7.